The Balaban J connectivity index is 2.41. The summed E-state index contributed by atoms with van der Waals surface area (Å²) in [6.45, 7) is 1.23. The zero-order valence-electron chi connectivity index (χ0n) is 11.4. The van der Waals surface area contributed by atoms with Gasteiger partial charge in [-0.3, -0.25) is 19.5 Å². The molecule has 0 radical (unpaired) electrons. The summed E-state index contributed by atoms with van der Waals surface area (Å²) < 4.78 is 0. The van der Waals surface area contributed by atoms with E-state index in [4.69, 9.17) is 10.8 Å². The van der Waals surface area contributed by atoms with Gasteiger partial charge in [0.1, 0.15) is 12.2 Å². The number of hydrogen-bond acceptors (Lipinski definition) is 5. The second kappa shape index (κ2) is 6.00. The third-order valence-electron chi connectivity index (χ3n) is 2.77. The van der Waals surface area contributed by atoms with Gasteiger partial charge in [-0.15, -0.1) is 0 Å². The number of nitrogens with two attached hydrogens (primary N) is 1. The lowest BCUT2D eigenvalue weighted by atomic mass is 10.2. The summed E-state index contributed by atoms with van der Waals surface area (Å²) in [6, 6.07) is 6.55. The minimum atomic E-state index is -1.15. The number of hydrogen-bond donors (Lipinski definition) is 2. The first-order chi connectivity index (χ1) is 9.99. The Labute approximate surface area is 121 Å². The largest absolute Gasteiger partial charge is 0.480 e. The number of aromatic nitrogens is 2. The minimum Gasteiger partial charge on any atom is -0.480 e. The molecule has 0 saturated heterocycles. The van der Waals surface area contributed by atoms with Crippen molar-refractivity contribution in [2.75, 3.05) is 17.2 Å². The normalized spacial score (nSPS) is 10.1. The molecule has 1 heterocycles. The number of amides is 1. The van der Waals surface area contributed by atoms with E-state index in [9.17, 15) is 9.59 Å². The van der Waals surface area contributed by atoms with Crippen molar-refractivity contribution >= 4 is 23.3 Å². The average Bonchev–Trinajstić information content (AvgIpc) is 2.45. The van der Waals surface area contributed by atoms with Crippen LogP contribution in [0.3, 0.4) is 0 Å². The van der Waals surface area contributed by atoms with Crippen LogP contribution in [0.25, 0.3) is 0 Å². The van der Waals surface area contributed by atoms with Gasteiger partial charge < -0.3 is 10.8 Å². The Bertz CT molecular complexity index is 670. The third kappa shape index (κ3) is 3.33. The number of benzene rings is 1. The number of aryl methyl sites for hydroxylation is 1. The van der Waals surface area contributed by atoms with Gasteiger partial charge in [0.2, 0.25) is 0 Å². The smallest absolute Gasteiger partial charge is 0.323 e. The monoisotopic (exact) mass is 286 g/mol. The van der Waals surface area contributed by atoms with E-state index in [1.54, 1.807) is 31.2 Å². The third-order valence-corrected chi connectivity index (χ3v) is 2.77. The van der Waals surface area contributed by atoms with E-state index in [1.807, 2.05) is 0 Å². The molecule has 0 aliphatic heterocycles. The fourth-order valence-corrected chi connectivity index (χ4v) is 1.78. The second-order valence-electron chi connectivity index (χ2n) is 4.39. The van der Waals surface area contributed by atoms with Crippen molar-refractivity contribution in [2.24, 2.45) is 0 Å². The van der Waals surface area contributed by atoms with Crippen LogP contribution in [0.5, 0.6) is 0 Å². The van der Waals surface area contributed by atoms with Gasteiger partial charge in [-0.05, 0) is 19.1 Å². The highest BCUT2D eigenvalue weighted by Gasteiger charge is 2.23. The number of nitrogen functional groups attached to an aromatic ring is 1. The highest BCUT2D eigenvalue weighted by molar-refractivity contribution is 6.08. The molecule has 0 aliphatic carbocycles. The molecule has 0 aliphatic rings. The molecule has 0 unspecified atom stereocenters. The van der Waals surface area contributed by atoms with E-state index in [0.29, 0.717) is 17.1 Å². The summed E-state index contributed by atoms with van der Waals surface area (Å²) in [5.74, 6) is -1.71. The molecule has 0 fully saturated rings. The van der Waals surface area contributed by atoms with E-state index in [-0.39, 0.29) is 5.69 Å². The first kappa shape index (κ1) is 14.4. The first-order valence-corrected chi connectivity index (χ1v) is 6.16. The second-order valence-corrected chi connectivity index (χ2v) is 4.39. The molecule has 0 saturated carbocycles. The van der Waals surface area contributed by atoms with Gasteiger partial charge in [-0.2, -0.15) is 0 Å². The molecule has 1 amide bonds. The fourth-order valence-electron chi connectivity index (χ4n) is 1.78. The maximum Gasteiger partial charge on any atom is 0.323 e. The Morgan fingerprint density at radius 1 is 1.24 bits per heavy atom. The SMILES string of the molecule is Cc1cnc(C(=O)N(CC(=O)O)c2ccccc2N)cn1. The summed E-state index contributed by atoms with van der Waals surface area (Å²) >= 11 is 0. The van der Waals surface area contributed by atoms with Crippen LogP contribution in [-0.2, 0) is 4.79 Å². The van der Waals surface area contributed by atoms with Gasteiger partial charge in [0, 0.05) is 6.20 Å². The first-order valence-electron chi connectivity index (χ1n) is 6.16. The summed E-state index contributed by atoms with van der Waals surface area (Å²) in [6.07, 6.45) is 2.76. The van der Waals surface area contributed by atoms with E-state index in [1.165, 1.54) is 12.4 Å². The number of carboxylic acid groups (broad SMARTS) is 1. The molecular formula is C14H14N4O3. The maximum atomic E-state index is 12.4. The van der Waals surface area contributed by atoms with E-state index in [0.717, 1.165) is 4.90 Å². The summed E-state index contributed by atoms with van der Waals surface area (Å²) in [4.78, 5) is 32.5. The van der Waals surface area contributed by atoms with E-state index >= 15 is 0 Å². The van der Waals surface area contributed by atoms with Crippen LogP contribution in [0.4, 0.5) is 11.4 Å². The number of carboxylic acids is 1. The lowest BCUT2D eigenvalue weighted by molar-refractivity contribution is -0.135. The number of carbonyl (C=O) groups is 2. The van der Waals surface area contributed by atoms with Crippen molar-refractivity contribution in [3.63, 3.8) is 0 Å². The zero-order chi connectivity index (χ0) is 15.4. The highest BCUT2D eigenvalue weighted by Crippen LogP contribution is 2.23. The lowest BCUT2D eigenvalue weighted by Crippen LogP contribution is -2.36. The van der Waals surface area contributed by atoms with Gasteiger partial charge in [0.25, 0.3) is 5.91 Å². The van der Waals surface area contributed by atoms with Gasteiger partial charge in [-0.25, -0.2) is 4.98 Å². The van der Waals surface area contributed by atoms with Crippen LogP contribution in [0.15, 0.2) is 36.7 Å². The number of aliphatic carboxylic acids is 1. The number of anilines is 2. The Morgan fingerprint density at radius 3 is 2.52 bits per heavy atom. The Morgan fingerprint density at radius 2 is 1.95 bits per heavy atom. The lowest BCUT2D eigenvalue weighted by Gasteiger charge is -2.21. The van der Waals surface area contributed by atoms with Gasteiger partial charge in [0.15, 0.2) is 0 Å². The van der Waals surface area contributed by atoms with Crippen molar-refractivity contribution < 1.29 is 14.7 Å². The van der Waals surface area contributed by atoms with Crippen molar-refractivity contribution in [2.45, 2.75) is 6.92 Å². The van der Waals surface area contributed by atoms with Gasteiger partial charge in [0.05, 0.1) is 23.3 Å². The van der Waals surface area contributed by atoms with Crippen molar-refractivity contribution in [1.82, 2.24) is 9.97 Å². The molecule has 1 aromatic carbocycles. The van der Waals surface area contributed by atoms with Crippen LogP contribution in [0.2, 0.25) is 0 Å². The van der Waals surface area contributed by atoms with Gasteiger partial charge >= 0.3 is 5.97 Å². The molecule has 21 heavy (non-hydrogen) atoms. The number of nitrogens with zero attached hydrogens (tertiary/aromatic N) is 3. The number of para-hydroxylation sites is 2. The summed E-state index contributed by atoms with van der Waals surface area (Å²) in [7, 11) is 0. The van der Waals surface area contributed by atoms with Crippen LogP contribution in [0.1, 0.15) is 16.2 Å². The van der Waals surface area contributed by atoms with Crippen molar-refractivity contribution in [1.29, 1.82) is 0 Å². The Hall–Kier alpha value is -2.96. The minimum absolute atomic E-state index is 0.0603. The van der Waals surface area contributed by atoms with Crippen LogP contribution < -0.4 is 10.6 Å². The number of carbonyl (C=O) groups excluding carboxylic acids is 1. The standard InChI is InChI=1S/C14H14N4O3/c1-9-6-17-11(7-16-9)14(21)18(8-13(19)20)12-5-3-2-4-10(12)15/h2-7H,8,15H2,1H3,(H,19,20). The molecule has 1 aromatic heterocycles. The quantitative estimate of drug-likeness (QED) is 0.814. The molecule has 108 valence electrons. The molecule has 0 spiro atoms. The number of rotatable bonds is 4. The van der Waals surface area contributed by atoms with Crippen molar-refractivity contribution in [3.8, 4) is 0 Å². The van der Waals surface area contributed by atoms with Crippen LogP contribution in [-0.4, -0.2) is 33.5 Å². The van der Waals surface area contributed by atoms with Gasteiger partial charge in [-0.1, -0.05) is 12.1 Å². The molecule has 7 nitrogen and oxygen atoms in total. The molecular weight excluding hydrogens is 272 g/mol. The summed E-state index contributed by atoms with van der Waals surface area (Å²) in [5.41, 5.74) is 7.18. The van der Waals surface area contributed by atoms with E-state index in [2.05, 4.69) is 9.97 Å². The highest BCUT2D eigenvalue weighted by atomic mass is 16.4. The molecule has 0 atom stereocenters. The summed E-state index contributed by atoms with van der Waals surface area (Å²) in [5, 5.41) is 9.01. The molecule has 3 N–H and O–H groups in total. The topological polar surface area (TPSA) is 109 Å². The molecule has 0 bridgehead atoms. The Kier molecular flexibility index (Phi) is 4.13. The molecule has 2 aromatic rings. The maximum absolute atomic E-state index is 12.4. The molecule has 2 rings (SSSR count). The van der Waals surface area contributed by atoms with Crippen LogP contribution >= 0.6 is 0 Å². The van der Waals surface area contributed by atoms with Crippen LogP contribution in [0, 0.1) is 6.92 Å². The predicted molar refractivity (Wildman–Crippen MR) is 76.9 cm³/mol. The fraction of sp³-hybridized carbons (Fsp3) is 0.143. The predicted octanol–water partition coefficient (Wildman–Crippen LogP) is 1.10. The zero-order valence-corrected chi connectivity index (χ0v) is 11.4. The van der Waals surface area contributed by atoms with E-state index < -0.39 is 18.4 Å². The van der Waals surface area contributed by atoms with Crippen molar-refractivity contribution in [3.05, 3.63) is 48.0 Å². The molecule has 7 heteroatoms. The average molecular weight is 286 g/mol.